The molecule has 0 bridgehead atoms. The molecular weight excluding hydrogens is 484 g/mol. The first-order chi connectivity index (χ1) is 19.9. The van der Waals surface area contributed by atoms with E-state index in [4.69, 9.17) is 0 Å². The van der Waals surface area contributed by atoms with Gasteiger partial charge in [0.15, 0.2) is 0 Å². The van der Waals surface area contributed by atoms with E-state index in [1.165, 1.54) is 76.9 Å². The van der Waals surface area contributed by atoms with Gasteiger partial charge in [0.1, 0.15) is 0 Å². The average Bonchev–Trinajstić information content (AvgIpc) is 3.51. The van der Waals surface area contributed by atoms with Crippen LogP contribution in [-0.2, 0) is 6.42 Å². The molecular formula is C38H26N2. The van der Waals surface area contributed by atoms with E-state index in [9.17, 15) is 0 Å². The van der Waals surface area contributed by atoms with Crippen LogP contribution in [0.15, 0.2) is 127 Å². The highest BCUT2D eigenvalue weighted by atomic mass is 15.0. The van der Waals surface area contributed by atoms with Crippen molar-refractivity contribution >= 4 is 60.3 Å². The zero-order chi connectivity index (χ0) is 26.2. The lowest BCUT2D eigenvalue weighted by Crippen LogP contribution is -2.01. The molecule has 9 rings (SSSR count). The van der Waals surface area contributed by atoms with Crippen LogP contribution in [0, 0.1) is 0 Å². The van der Waals surface area contributed by atoms with Gasteiger partial charge in [-0.1, -0.05) is 97.1 Å². The quantitative estimate of drug-likeness (QED) is 0.219. The van der Waals surface area contributed by atoms with E-state index in [1.54, 1.807) is 0 Å². The molecule has 8 aromatic rings. The first kappa shape index (κ1) is 21.8. The largest absolute Gasteiger partial charge is 0.309 e. The molecule has 6 aromatic carbocycles. The van der Waals surface area contributed by atoms with Crippen molar-refractivity contribution in [1.82, 2.24) is 9.13 Å². The Morgan fingerprint density at radius 1 is 0.450 bits per heavy atom. The molecule has 188 valence electrons. The Kier molecular flexibility index (Phi) is 4.48. The topological polar surface area (TPSA) is 9.86 Å². The fourth-order valence-electron chi connectivity index (χ4n) is 7.02. The maximum absolute atomic E-state index is 2.51. The van der Waals surface area contributed by atoms with Crippen LogP contribution in [0.4, 0.5) is 0 Å². The predicted molar refractivity (Wildman–Crippen MR) is 170 cm³/mol. The number of fused-ring (bicyclic) bond motifs is 8. The number of hydrogen-bond donors (Lipinski definition) is 0. The molecule has 0 radical (unpaired) electrons. The summed E-state index contributed by atoms with van der Waals surface area (Å²) in [7, 11) is 0. The molecule has 1 aliphatic carbocycles. The lowest BCUT2D eigenvalue weighted by atomic mass is 10.00. The summed E-state index contributed by atoms with van der Waals surface area (Å²) in [6, 6.07) is 44.5. The van der Waals surface area contributed by atoms with E-state index in [0.29, 0.717) is 0 Å². The summed E-state index contributed by atoms with van der Waals surface area (Å²) in [5, 5.41) is 9.00. The number of benzene rings is 6. The Morgan fingerprint density at radius 2 is 1.02 bits per heavy atom. The van der Waals surface area contributed by atoms with Crippen molar-refractivity contribution in [3.63, 3.8) is 0 Å². The number of nitrogens with zero attached hydrogens (tertiary/aromatic N) is 2. The van der Waals surface area contributed by atoms with Crippen molar-refractivity contribution < 1.29 is 0 Å². The Bertz CT molecular complexity index is 2320. The number of aromatic nitrogens is 2. The minimum atomic E-state index is 1.06. The van der Waals surface area contributed by atoms with Crippen molar-refractivity contribution in [1.29, 1.82) is 0 Å². The third-order valence-corrected chi connectivity index (χ3v) is 8.76. The third kappa shape index (κ3) is 2.93. The molecule has 0 unspecified atom stereocenters. The van der Waals surface area contributed by atoms with Crippen LogP contribution in [0.5, 0.6) is 0 Å². The van der Waals surface area contributed by atoms with Gasteiger partial charge in [0, 0.05) is 32.6 Å². The molecule has 2 nitrogen and oxygen atoms in total. The molecule has 0 amide bonds. The van der Waals surface area contributed by atoms with Gasteiger partial charge in [0.25, 0.3) is 0 Å². The first-order valence-corrected chi connectivity index (χ1v) is 14.1. The monoisotopic (exact) mass is 510 g/mol. The Labute approximate surface area is 232 Å². The van der Waals surface area contributed by atoms with Crippen molar-refractivity contribution in [2.75, 3.05) is 0 Å². The van der Waals surface area contributed by atoms with Crippen LogP contribution in [0.1, 0.15) is 17.7 Å². The second-order valence-electron chi connectivity index (χ2n) is 10.9. The highest BCUT2D eigenvalue weighted by Crippen LogP contribution is 2.42. The van der Waals surface area contributed by atoms with Gasteiger partial charge in [-0.05, 0) is 65.6 Å². The highest BCUT2D eigenvalue weighted by molar-refractivity contribution is 6.15. The van der Waals surface area contributed by atoms with Crippen molar-refractivity contribution in [2.24, 2.45) is 0 Å². The molecule has 1 aliphatic rings. The summed E-state index contributed by atoms with van der Waals surface area (Å²) in [5.74, 6) is 0. The van der Waals surface area contributed by atoms with Crippen LogP contribution in [0.3, 0.4) is 0 Å². The first-order valence-electron chi connectivity index (χ1n) is 14.1. The van der Waals surface area contributed by atoms with Gasteiger partial charge in [-0.3, -0.25) is 0 Å². The van der Waals surface area contributed by atoms with Gasteiger partial charge >= 0.3 is 0 Å². The summed E-state index contributed by atoms with van der Waals surface area (Å²) in [6.45, 7) is 0. The highest BCUT2D eigenvalue weighted by Gasteiger charge is 2.23. The van der Waals surface area contributed by atoms with Crippen LogP contribution in [0.25, 0.3) is 71.7 Å². The van der Waals surface area contributed by atoms with Crippen molar-refractivity contribution in [3.05, 3.63) is 139 Å². The SMILES string of the molecule is C1=Cc2c(c3cc4c(cc3n2-c2cccc3ccccc23)c2ccccc2n4-c2cccc3ccccc23)CC1. The van der Waals surface area contributed by atoms with E-state index in [0.717, 1.165) is 12.8 Å². The van der Waals surface area contributed by atoms with Crippen LogP contribution >= 0.6 is 0 Å². The molecule has 0 fully saturated rings. The number of aryl methyl sites for hydroxylation is 1. The lowest BCUT2D eigenvalue weighted by Gasteiger charge is -2.14. The number of allylic oxidation sites excluding steroid dienone is 1. The number of para-hydroxylation sites is 1. The second kappa shape index (κ2) is 8.21. The zero-order valence-corrected chi connectivity index (χ0v) is 22.0. The van der Waals surface area contributed by atoms with Gasteiger partial charge < -0.3 is 9.13 Å². The normalized spacial score (nSPS) is 13.2. The van der Waals surface area contributed by atoms with Gasteiger partial charge in [-0.15, -0.1) is 0 Å². The van der Waals surface area contributed by atoms with E-state index >= 15 is 0 Å². The minimum absolute atomic E-state index is 1.06. The molecule has 2 heterocycles. The maximum atomic E-state index is 2.51. The summed E-state index contributed by atoms with van der Waals surface area (Å²) in [5.41, 5.74) is 9.01. The Balaban J connectivity index is 1.46. The summed E-state index contributed by atoms with van der Waals surface area (Å²) >= 11 is 0. The van der Waals surface area contributed by atoms with E-state index in [1.807, 2.05) is 0 Å². The summed E-state index contributed by atoms with van der Waals surface area (Å²) in [6.07, 6.45) is 6.79. The standard InChI is InChI=1S/C38H26N2/c1-3-15-27-25(11-1)13-9-21-33(27)39-35-19-7-5-17-29(35)31-24-38-32(23-37(31)39)30-18-6-8-20-36(30)40(38)34-22-10-14-26-12-2-4-16-28(26)34/h1-5,7-17,19-24H,6,18H2. The smallest absolute Gasteiger partial charge is 0.0548 e. The fraction of sp³-hybridized carbons (Fsp3) is 0.0526. The second-order valence-corrected chi connectivity index (χ2v) is 10.9. The molecule has 40 heavy (non-hydrogen) atoms. The molecule has 0 saturated heterocycles. The average molecular weight is 511 g/mol. The van der Waals surface area contributed by atoms with E-state index < -0.39 is 0 Å². The molecule has 0 spiro atoms. The Morgan fingerprint density at radius 3 is 1.77 bits per heavy atom. The Hall–Kier alpha value is -5.08. The minimum Gasteiger partial charge on any atom is -0.309 e. The van der Waals surface area contributed by atoms with Crippen molar-refractivity contribution in [2.45, 2.75) is 12.8 Å². The number of rotatable bonds is 2. The van der Waals surface area contributed by atoms with Crippen molar-refractivity contribution in [3.8, 4) is 11.4 Å². The molecule has 0 atom stereocenters. The third-order valence-electron chi connectivity index (χ3n) is 8.76. The maximum Gasteiger partial charge on any atom is 0.0548 e. The summed E-state index contributed by atoms with van der Waals surface area (Å²) < 4.78 is 4.99. The fourth-order valence-corrected chi connectivity index (χ4v) is 7.02. The van der Waals surface area contributed by atoms with E-state index in [-0.39, 0.29) is 0 Å². The number of hydrogen-bond acceptors (Lipinski definition) is 0. The van der Waals surface area contributed by atoms with Crippen LogP contribution in [-0.4, -0.2) is 9.13 Å². The molecule has 0 aliphatic heterocycles. The molecule has 0 N–H and O–H groups in total. The lowest BCUT2D eigenvalue weighted by molar-refractivity contribution is 0.970. The molecule has 2 heteroatoms. The van der Waals surface area contributed by atoms with Gasteiger partial charge in [0.05, 0.1) is 27.9 Å². The predicted octanol–water partition coefficient (Wildman–Crippen LogP) is 9.99. The molecule has 2 aromatic heterocycles. The van der Waals surface area contributed by atoms with E-state index in [2.05, 4.69) is 143 Å². The van der Waals surface area contributed by atoms with Gasteiger partial charge in [0.2, 0.25) is 0 Å². The molecule has 0 saturated carbocycles. The van der Waals surface area contributed by atoms with Crippen LogP contribution in [0.2, 0.25) is 0 Å². The van der Waals surface area contributed by atoms with Gasteiger partial charge in [-0.2, -0.15) is 0 Å². The zero-order valence-electron chi connectivity index (χ0n) is 22.0. The van der Waals surface area contributed by atoms with Gasteiger partial charge in [-0.25, -0.2) is 0 Å². The summed E-state index contributed by atoms with van der Waals surface area (Å²) in [4.78, 5) is 0. The van der Waals surface area contributed by atoms with Crippen LogP contribution < -0.4 is 0 Å².